The summed E-state index contributed by atoms with van der Waals surface area (Å²) in [5.74, 6) is 2.51. The molecular formula is C44H51ClN8O6S. The summed E-state index contributed by atoms with van der Waals surface area (Å²) in [6, 6.07) is 18.1. The second-order valence-electron chi connectivity index (χ2n) is 15.4. The monoisotopic (exact) mass is 854 g/mol. The van der Waals surface area contributed by atoms with Gasteiger partial charge in [0.1, 0.15) is 23.4 Å². The number of halogens is 1. The van der Waals surface area contributed by atoms with Crippen LogP contribution in [0.5, 0.6) is 5.75 Å². The predicted molar refractivity (Wildman–Crippen MR) is 229 cm³/mol. The van der Waals surface area contributed by atoms with E-state index in [2.05, 4.69) is 20.7 Å². The van der Waals surface area contributed by atoms with Gasteiger partial charge in [-0.1, -0.05) is 60.3 Å². The van der Waals surface area contributed by atoms with Gasteiger partial charge in [-0.05, 0) is 88.1 Å². The molecular weight excluding hydrogens is 804 g/mol. The number of piperazine rings is 1. The lowest BCUT2D eigenvalue weighted by Crippen LogP contribution is -2.50. The highest BCUT2D eigenvalue weighted by molar-refractivity contribution is 7.89. The fraction of sp³-hybridized carbons (Fsp3) is 0.409. The SMILES string of the molecule is COc1ccc2c(c1)C(c1ccc(Cl)cc1)=N[C@@H](CC(=O)NCCCCCCCC(=O)N1CCN(S(=O)(=O)c3cc(-c4c(C)noc4C)ccc3C)CC1)c1nnc(C)n1-2. The maximum absolute atomic E-state index is 13.7. The molecule has 7 rings (SSSR count). The van der Waals surface area contributed by atoms with Crippen LogP contribution in [0.3, 0.4) is 0 Å². The number of carbonyl (C=O) groups excluding carboxylic acids is 2. The van der Waals surface area contributed by atoms with Crippen LogP contribution in [0.25, 0.3) is 16.8 Å². The Balaban J connectivity index is 0.854. The van der Waals surface area contributed by atoms with Gasteiger partial charge in [0.2, 0.25) is 21.8 Å². The molecule has 316 valence electrons. The fourth-order valence-corrected chi connectivity index (χ4v) is 9.79. The first kappa shape index (κ1) is 42.7. The van der Waals surface area contributed by atoms with E-state index in [1.165, 1.54) is 4.31 Å². The number of benzene rings is 3. The molecule has 4 heterocycles. The second-order valence-corrected chi connectivity index (χ2v) is 17.7. The van der Waals surface area contributed by atoms with Gasteiger partial charge >= 0.3 is 0 Å². The average molecular weight is 855 g/mol. The number of hydrogen-bond donors (Lipinski definition) is 1. The molecule has 1 N–H and O–H groups in total. The van der Waals surface area contributed by atoms with Crippen LogP contribution < -0.4 is 10.1 Å². The molecule has 1 fully saturated rings. The minimum atomic E-state index is -3.77. The van der Waals surface area contributed by atoms with Crippen molar-refractivity contribution in [2.75, 3.05) is 39.8 Å². The van der Waals surface area contributed by atoms with Crippen molar-refractivity contribution in [3.63, 3.8) is 0 Å². The third-order valence-electron chi connectivity index (χ3n) is 11.2. The van der Waals surface area contributed by atoms with Crippen LogP contribution in [0, 0.1) is 27.7 Å². The van der Waals surface area contributed by atoms with Crippen molar-refractivity contribution in [1.29, 1.82) is 0 Å². The molecule has 14 nitrogen and oxygen atoms in total. The van der Waals surface area contributed by atoms with Crippen LogP contribution in [-0.4, -0.2) is 94.9 Å². The Morgan fingerprint density at radius 2 is 1.60 bits per heavy atom. The Morgan fingerprint density at radius 1 is 0.883 bits per heavy atom. The lowest BCUT2D eigenvalue weighted by atomic mass is 10.00. The van der Waals surface area contributed by atoms with Crippen LogP contribution in [0.1, 0.15) is 90.8 Å². The number of hydrogen-bond acceptors (Lipinski definition) is 10. The molecule has 1 saturated heterocycles. The Bertz CT molecular complexity index is 2490. The number of nitrogens with one attached hydrogen (secondary N) is 1. The maximum atomic E-state index is 13.7. The highest BCUT2D eigenvalue weighted by atomic mass is 35.5. The number of amides is 2. The number of ether oxygens (including phenoxy) is 1. The maximum Gasteiger partial charge on any atom is 0.243 e. The average Bonchev–Trinajstić information content (AvgIpc) is 3.76. The standard InChI is InChI=1S/C44H51ClN8O6S/c1-28-12-13-33(42-29(2)50-59-30(42)3)25-39(28)60(56,57)52-23-21-51(22-24-52)41(55)11-9-7-6-8-10-20-46-40(54)27-37-44-49-48-31(4)53(44)38-19-18-35(58-5)26-36(38)43(47-37)32-14-16-34(45)17-15-32/h12-19,25-26,37H,6-11,20-24,27H2,1-5H3,(H,46,54)/t37-/m0/s1. The summed E-state index contributed by atoms with van der Waals surface area (Å²) in [7, 11) is -2.15. The number of aliphatic imine (C=N–C) groups is 1. The van der Waals surface area contributed by atoms with Gasteiger partial charge in [-0.15, -0.1) is 10.2 Å². The van der Waals surface area contributed by atoms with Crippen molar-refractivity contribution in [2.24, 2.45) is 4.99 Å². The van der Waals surface area contributed by atoms with E-state index in [0.29, 0.717) is 71.2 Å². The molecule has 5 aromatic rings. The highest BCUT2D eigenvalue weighted by Gasteiger charge is 2.32. The van der Waals surface area contributed by atoms with Gasteiger partial charge in [0.15, 0.2) is 5.82 Å². The molecule has 0 unspecified atom stereocenters. The largest absolute Gasteiger partial charge is 0.497 e. The van der Waals surface area contributed by atoms with Crippen molar-refractivity contribution in [1.82, 2.24) is 34.4 Å². The number of nitrogens with zero attached hydrogens (tertiary/aromatic N) is 7. The van der Waals surface area contributed by atoms with Gasteiger partial charge in [-0.3, -0.25) is 19.1 Å². The zero-order chi connectivity index (χ0) is 42.6. The normalized spacial score (nSPS) is 15.5. The number of fused-ring (bicyclic) bond motifs is 3. The number of methoxy groups -OCH3 is 1. The van der Waals surface area contributed by atoms with Gasteiger partial charge in [0.05, 0.1) is 35.5 Å². The summed E-state index contributed by atoms with van der Waals surface area (Å²) >= 11 is 6.23. The number of aryl methyl sites for hydroxylation is 4. The van der Waals surface area contributed by atoms with Crippen molar-refractivity contribution < 1.29 is 27.3 Å². The Hall–Kier alpha value is -5.38. The molecule has 0 spiro atoms. The van der Waals surface area contributed by atoms with E-state index in [1.54, 1.807) is 25.0 Å². The number of sulfonamides is 1. The summed E-state index contributed by atoms with van der Waals surface area (Å²) in [5, 5.41) is 16.5. The van der Waals surface area contributed by atoms with E-state index >= 15 is 0 Å². The van der Waals surface area contributed by atoms with Gasteiger partial charge in [0.25, 0.3) is 0 Å². The first-order valence-electron chi connectivity index (χ1n) is 20.4. The van der Waals surface area contributed by atoms with E-state index in [4.69, 9.17) is 25.9 Å². The smallest absolute Gasteiger partial charge is 0.243 e. The molecule has 2 amide bonds. The minimum Gasteiger partial charge on any atom is -0.497 e. The van der Waals surface area contributed by atoms with Crippen molar-refractivity contribution in [2.45, 2.75) is 83.6 Å². The Kier molecular flexibility index (Phi) is 13.2. The topological polar surface area (TPSA) is 165 Å². The van der Waals surface area contributed by atoms with Crippen molar-refractivity contribution >= 4 is 39.2 Å². The quantitative estimate of drug-likeness (QED) is 0.108. The molecule has 3 aromatic carbocycles. The molecule has 0 aliphatic carbocycles. The van der Waals surface area contributed by atoms with Crippen LogP contribution in [0.2, 0.25) is 5.02 Å². The summed E-state index contributed by atoms with van der Waals surface area (Å²) in [4.78, 5) is 33.6. The summed E-state index contributed by atoms with van der Waals surface area (Å²) in [6.07, 6.45) is 4.81. The molecule has 16 heteroatoms. The first-order valence-corrected chi connectivity index (χ1v) is 22.2. The predicted octanol–water partition coefficient (Wildman–Crippen LogP) is 7.09. The van der Waals surface area contributed by atoms with Crippen LogP contribution in [0.15, 0.2) is 75.1 Å². The number of unbranched alkanes of at least 4 members (excludes halogenated alkanes) is 4. The van der Waals surface area contributed by atoms with Crippen molar-refractivity contribution in [3.8, 4) is 22.6 Å². The van der Waals surface area contributed by atoms with E-state index < -0.39 is 16.1 Å². The van der Waals surface area contributed by atoms with E-state index in [1.807, 2.05) is 79.9 Å². The molecule has 1 atom stereocenters. The van der Waals surface area contributed by atoms with Gasteiger partial charge in [0, 0.05) is 60.9 Å². The molecule has 60 heavy (non-hydrogen) atoms. The third kappa shape index (κ3) is 9.18. The Labute approximate surface area is 356 Å². The summed E-state index contributed by atoms with van der Waals surface area (Å²) in [6.45, 7) is 9.05. The van der Waals surface area contributed by atoms with Crippen LogP contribution >= 0.6 is 11.6 Å². The van der Waals surface area contributed by atoms with Gasteiger partial charge in [-0.25, -0.2) is 8.42 Å². The molecule has 0 radical (unpaired) electrons. The highest BCUT2D eigenvalue weighted by Crippen LogP contribution is 2.35. The molecule has 0 bridgehead atoms. The summed E-state index contributed by atoms with van der Waals surface area (Å²) < 4.78 is 41.8. The van der Waals surface area contributed by atoms with Crippen LogP contribution in [0.4, 0.5) is 0 Å². The number of carbonyl (C=O) groups is 2. The lowest BCUT2D eigenvalue weighted by Gasteiger charge is -2.34. The van der Waals surface area contributed by atoms with Crippen molar-refractivity contribution in [3.05, 3.63) is 105 Å². The number of aromatic nitrogens is 4. The molecule has 0 saturated carbocycles. The van der Waals surface area contributed by atoms with E-state index in [9.17, 15) is 18.0 Å². The number of rotatable bonds is 15. The van der Waals surface area contributed by atoms with E-state index in [-0.39, 0.29) is 36.2 Å². The first-order chi connectivity index (χ1) is 28.8. The Morgan fingerprint density at radius 3 is 2.32 bits per heavy atom. The fourth-order valence-electron chi connectivity index (χ4n) is 7.99. The third-order valence-corrected chi connectivity index (χ3v) is 13.5. The molecule has 2 aliphatic heterocycles. The van der Waals surface area contributed by atoms with Crippen LogP contribution in [-0.2, 0) is 19.6 Å². The zero-order valence-electron chi connectivity index (χ0n) is 34.7. The molecule has 2 aromatic heterocycles. The lowest BCUT2D eigenvalue weighted by molar-refractivity contribution is -0.132. The van der Waals surface area contributed by atoms with Gasteiger partial charge in [-0.2, -0.15) is 4.31 Å². The van der Waals surface area contributed by atoms with E-state index in [0.717, 1.165) is 60.0 Å². The zero-order valence-corrected chi connectivity index (χ0v) is 36.3. The minimum absolute atomic E-state index is 0.0459. The van der Waals surface area contributed by atoms with Gasteiger partial charge < -0.3 is 19.5 Å². The molecule has 2 aliphatic rings. The summed E-state index contributed by atoms with van der Waals surface area (Å²) in [5.41, 5.74) is 6.16. The second kappa shape index (κ2) is 18.5.